The zero-order valence-corrected chi connectivity index (χ0v) is 18.5. The van der Waals surface area contributed by atoms with Crippen LogP contribution in [-0.2, 0) is 31.4 Å². The lowest BCUT2D eigenvalue weighted by atomic mass is 10.2. The minimum atomic E-state index is -3.88. The number of benzene rings is 2. The van der Waals surface area contributed by atoms with E-state index >= 15 is 0 Å². The number of nitrogens with one attached hydrogen (secondary N) is 2. The normalized spacial score (nSPS) is 13.3. The summed E-state index contributed by atoms with van der Waals surface area (Å²) in [6.07, 6.45) is 0. The van der Waals surface area contributed by atoms with Crippen LogP contribution < -0.4 is 10.0 Å². The average Bonchev–Trinajstić information content (AvgIpc) is 2.66. The van der Waals surface area contributed by atoms with Crippen molar-refractivity contribution in [3.05, 3.63) is 59.1 Å². The van der Waals surface area contributed by atoms with Gasteiger partial charge in [0.05, 0.1) is 15.8 Å². The highest BCUT2D eigenvalue weighted by Crippen LogP contribution is 2.15. The van der Waals surface area contributed by atoms with E-state index in [-0.39, 0.29) is 16.3 Å². The lowest BCUT2D eigenvalue weighted by Gasteiger charge is -2.15. The molecule has 1 atom stereocenters. The van der Waals surface area contributed by atoms with Crippen LogP contribution in [0.5, 0.6) is 0 Å². The van der Waals surface area contributed by atoms with Crippen LogP contribution in [0.4, 0.5) is 0 Å². The second-order valence-corrected chi connectivity index (χ2v) is 10.7. The zero-order valence-electron chi connectivity index (χ0n) is 16.1. The van der Waals surface area contributed by atoms with E-state index < -0.39 is 32.0 Å². The molecule has 0 unspecified atom stereocenters. The van der Waals surface area contributed by atoms with Crippen molar-refractivity contribution in [2.24, 2.45) is 0 Å². The molecule has 0 spiro atoms. The molecule has 2 rings (SSSR count). The Kier molecular flexibility index (Phi) is 7.41. The number of carbonyl (C=O) groups excluding carboxylic acids is 1. The Balaban J connectivity index is 1.97. The summed E-state index contributed by atoms with van der Waals surface area (Å²) in [4.78, 5) is 12.4. The van der Waals surface area contributed by atoms with Gasteiger partial charge in [-0.1, -0.05) is 23.7 Å². The van der Waals surface area contributed by atoms with E-state index in [0.717, 1.165) is 4.31 Å². The number of nitrogens with zero attached hydrogens (tertiary/aromatic N) is 1. The highest BCUT2D eigenvalue weighted by Gasteiger charge is 2.22. The molecule has 0 aliphatic rings. The summed E-state index contributed by atoms with van der Waals surface area (Å²) in [6.45, 7) is 1.55. The minimum Gasteiger partial charge on any atom is -0.351 e. The first-order chi connectivity index (χ1) is 13.4. The summed E-state index contributed by atoms with van der Waals surface area (Å²) in [6, 6.07) is 10.6. The van der Waals surface area contributed by atoms with Gasteiger partial charge in [-0.3, -0.25) is 4.79 Å². The van der Waals surface area contributed by atoms with Crippen molar-refractivity contribution in [3.63, 3.8) is 0 Å². The van der Waals surface area contributed by atoms with Gasteiger partial charge in [0.15, 0.2) is 0 Å². The SMILES string of the molecule is C[C@H](NS(=O)(=O)c1ccc(Cl)cc1)C(=O)NCc1ccc(S(=O)(=O)N(C)C)cc1. The molecule has 0 saturated carbocycles. The highest BCUT2D eigenvalue weighted by atomic mass is 35.5. The van der Waals surface area contributed by atoms with Gasteiger partial charge in [-0.2, -0.15) is 4.72 Å². The van der Waals surface area contributed by atoms with Crippen molar-refractivity contribution in [2.75, 3.05) is 14.1 Å². The van der Waals surface area contributed by atoms with Gasteiger partial charge in [-0.15, -0.1) is 0 Å². The minimum absolute atomic E-state index is 0.000703. The van der Waals surface area contributed by atoms with E-state index in [4.69, 9.17) is 11.6 Å². The number of hydrogen-bond acceptors (Lipinski definition) is 5. The smallest absolute Gasteiger partial charge is 0.242 e. The molecule has 0 fully saturated rings. The van der Waals surface area contributed by atoms with Crippen molar-refractivity contribution in [1.29, 1.82) is 0 Å². The fourth-order valence-electron chi connectivity index (χ4n) is 2.30. The topological polar surface area (TPSA) is 113 Å². The molecule has 0 aromatic heterocycles. The molecular weight excluding hydrogens is 438 g/mol. The van der Waals surface area contributed by atoms with E-state index in [0.29, 0.717) is 10.6 Å². The van der Waals surface area contributed by atoms with Gasteiger partial charge < -0.3 is 5.32 Å². The van der Waals surface area contributed by atoms with Gasteiger partial charge in [-0.05, 0) is 48.9 Å². The van der Waals surface area contributed by atoms with Crippen LogP contribution in [0.2, 0.25) is 5.02 Å². The van der Waals surface area contributed by atoms with Gasteiger partial charge in [0.2, 0.25) is 26.0 Å². The number of amides is 1. The fourth-order valence-corrected chi connectivity index (χ4v) is 4.53. The Morgan fingerprint density at radius 1 is 0.966 bits per heavy atom. The Morgan fingerprint density at radius 3 is 2.00 bits per heavy atom. The van der Waals surface area contributed by atoms with Gasteiger partial charge in [0.25, 0.3) is 0 Å². The lowest BCUT2D eigenvalue weighted by Crippen LogP contribution is -2.44. The summed E-state index contributed by atoms with van der Waals surface area (Å²) in [5, 5.41) is 3.02. The first-order valence-corrected chi connectivity index (χ1v) is 11.8. The van der Waals surface area contributed by atoms with E-state index in [9.17, 15) is 21.6 Å². The van der Waals surface area contributed by atoms with Crippen LogP contribution >= 0.6 is 11.6 Å². The van der Waals surface area contributed by atoms with Crippen molar-refractivity contribution >= 4 is 37.6 Å². The third-order valence-electron chi connectivity index (χ3n) is 4.02. The monoisotopic (exact) mass is 459 g/mol. The summed E-state index contributed by atoms with van der Waals surface area (Å²) >= 11 is 5.75. The van der Waals surface area contributed by atoms with Crippen LogP contribution in [-0.4, -0.2) is 47.2 Å². The lowest BCUT2D eigenvalue weighted by molar-refractivity contribution is -0.122. The van der Waals surface area contributed by atoms with Crippen molar-refractivity contribution < 1.29 is 21.6 Å². The van der Waals surface area contributed by atoms with Gasteiger partial charge in [-0.25, -0.2) is 21.1 Å². The molecule has 0 heterocycles. The summed E-state index contributed by atoms with van der Waals surface area (Å²) in [5.41, 5.74) is 0.670. The van der Waals surface area contributed by atoms with E-state index in [1.54, 1.807) is 12.1 Å². The molecule has 29 heavy (non-hydrogen) atoms. The molecule has 0 aliphatic heterocycles. The zero-order chi connectivity index (χ0) is 21.8. The summed E-state index contributed by atoms with van der Waals surface area (Å²) < 4.78 is 52.2. The summed E-state index contributed by atoms with van der Waals surface area (Å²) in [5.74, 6) is -0.521. The molecule has 1 amide bonds. The molecule has 2 aromatic rings. The predicted molar refractivity (Wildman–Crippen MR) is 110 cm³/mol. The van der Waals surface area contributed by atoms with Crippen molar-refractivity contribution in [2.45, 2.75) is 29.3 Å². The average molecular weight is 460 g/mol. The maximum absolute atomic E-state index is 12.3. The standard InChI is InChI=1S/C18H22ClN3O5S2/c1-13(21-28(24,25)16-10-6-15(19)7-11-16)18(23)20-12-14-4-8-17(9-5-14)29(26,27)22(2)3/h4-11,13,21H,12H2,1-3H3,(H,20,23)/t13-/m0/s1. The molecule has 2 aromatic carbocycles. The Bertz CT molecular complexity index is 1070. The molecule has 8 nitrogen and oxygen atoms in total. The van der Waals surface area contributed by atoms with Crippen molar-refractivity contribution in [1.82, 2.24) is 14.3 Å². The van der Waals surface area contributed by atoms with E-state index in [1.807, 2.05) is 0 Å². The molecule has 0 aliphatic carbocycles. The first kappa shape index (κ1) is 23.3. The Morgan fingerprint density at radius 2 is 1.48 bits per heavy atom. The molecule has 0 saturated heterocycles. The number of rotatable bonds is 8. The third kappa shape index (κ3) is 6.00. The molecular formula is C18H22ClN3O5S2. The number of carbonyl (C=O) groups is 1. The maximum atomic E-state index is 12.3. The van der Waals surface area contributed by atoms with Crippen LogP contribution in [0.15, 0.2) is 58.3 Å². The van der Waals surface area contributed by atoms with Gasteiger partial charge in [0.1, 0.15) is 0 Å². The van der Waals surface area contributed by atoms with Gasteiger partial charge in [0, 0.05) is 25.7 Å². The predicted octanol–water partition coefficient (Wildman–Crippen LogP) is 1.57. The third-order valence-corrected chi connectivity index (χ3v) is 7.66. The quantitative estimate of drug-likeness (QED) is 0.622. The molecule has 0 bridgehead atoms. The fraction of sp³-hybridized carbons (Fsp3) is 0.278. The molecule has 0 radical (unpaired) electrons. The largest absolute Gasteiger partial charge is 0.351 e. The Hall–Kier alpha value is -1.98. The maximum Gasteiger partial charge on any atom is 0.242 e. The van der Waals surface area contributed by atoms with E-state index in [1.165, 1.54) is 57.4 Å². The van der Waals surface area contributed by atoms with Crippen molar-refractivity contribution in [3.8, 4) is 0 Å². The number of sulfonamides is 2. The highest BCUT2D eigenvalue weighted by molar-refractivity contribution is 7.89. The van der Waals surface area contributed by atoms with Crippen LogP contribution in [0.25, 0.3) is 0 Å². The second-order valence-electron chi connectivity index (χ2n) is 6.45. The van der Waals surface area contributed by atoms with Crippen LogP contribution in [0.1, 0.15) is 12.5 Å². The van der Waals surface area contributed by atoms with E-state index in [2.05, 4.69) is 10.0 Å². The molecule has 158 valence electrons. The van der Waals surface area contributed by atoms with Crippen LogP contribution in [0.3, 0.4) is 0 Å². The Labute approximate surface area is 176 Å². The summed E-state index contributed by atoms with van der Waals surface area (Å²) in [7, 11) is -4.52. The van der Waals surface area contributed by atoms with Crippen LogP contribution in [0, 0.1) is 0 Å². The van der Waals surface area contributed by atoms with Gasteiger partial charge >= 0.3 is 0 Å². The molecule has 11 heteroatoms. The number of halogens is 1. The molecule has 2 N–H and O–H groups in total. The second kappa shape index (κ2) is 9.23. The first-order valence-electron chi connectivity index (χ1n) is 8.50. The number of hydrogen-bond donors (Lipinski definition) is 2.